The molecular weight excluding hydrogens is 210 g/mol. The number of nitrogens with zero attached hydrogens (tertiary/aromatic N) is 2. The Morgan fingerprint density at radius 2 is 2.00 bits per heavy atom. The highest BCUT2D eigenvalue weighted by Crippen LogP contribution is 2.15. The summed E-state index contributed by atoms with van der Waals surface area (Å²) in [7, 11) is 2.04. The maximum absolute atomic E-state index is 4.70. The zero-order valence-corrected chi connectivity index (χ0v) is 11.7. The summed E-state index contributed by atoms with van der Waals surface area (Å²) in [5.41, 5.74) is 1.21. The Morgan fingerprint density at radius 3 is 2.53 bits per heavy atom. The van der Waals surface area contributed by atoms with Crippen LogP contribution in [0.25, 0.3) is 0 Å². The van der Waals surface area contributed by atoms with Crippen LogP contribution in [0.5, 0.6) is 0 Å². The van der Waals surface area contributed by atoms with Gasteiger partial charge in [-0.1, -0.05) is 27.2 Å². The minimum atomic E-state index is 0.558. The molecule has 0 spiro atoms. The third-order valence-electron chi connectivity index (χ3n) is 3.48. The molecule has 1 atom stereocenters. The molecule has 98 valence electrons. The van der Waals surface area contributed by atoms with Crippen molar-refractivity contribution in [1.29, 1.82) is 0 Å². The molecule has 0 aliphatic rings. The number of aromatic nitrogens is 2. The maximum atomic E-state index is 4.70. The summed E-state index contributed by atoms with van der Waals surface area (Å²) >= 11 is 0. The van der Waals surface area contributed by atoms with Crippen LogP contribution in [0.15, 0.2) is 12.3 Å². The number of hydrogen-bond acceptors (Lipinski definition) is 2. The first-order chi connectivity index (χ1) is 8.24. The second-order valence-corrected chi connectivity index (χ2v) is 4.74. The molecule has 0 saturated carbocycles. The van der Waals surface area contributed by atoms with Gasteiger partial charge < -0.3 is 5.32 Å². The van der Waals surface area contributed by atoms with Gasteiger partial charge in [0.25, 0.3) is 0 Å². The Kier molecular flexibility index (Phi) is 6.27. The fraction of sp³-hybridized carbons (Fsp3) is 0.786. The predicted molar refractivity (Wildman–Crippen MR) is 73.3 cm³/mol. The van der Waals surface area contributed by atoms with E-state index in [2.05, 4.69) is 43.0 Å². The van der Waals surface area contributed by atoms with Gasteiger partial charge in [0.2, 0.25) is 0 Å². The lowest BCUT2D eigenvalue weighted by Crippen LogP contribution is -2.27. The molecule has 3 nitrogen and oxygen atoms in total. The first-order valence-electron chi connectivity index (χ1n) is 6.96. The van der Waals surface area contributed by atoms with Crippen molar-refractivity contribution < 1.29 is 0 Å². The van der Waals surface area contributed by atoms with Crippen LogP contribution in [0.2, 0.25) is 0 Å². The van der Waals surface area contributed by atoms with Crippen LogP contribution in [0.1, 0.15) is 58.2 Å². The fourth-order valence-electron chi connectivity index (χ4n) is 2.30. The average molecular weight is 237 g/mol. The van der Waals surface area contributed by atoms with Gasteiger partial charge in [0.05, 0.1) is 11.7 Å². The van der Waals surface area contributed by atoms with Crippen LogP contribution < -0.4 is 5.32 Å². The molecule has 0 bridgehead atoms. The van der Waals surface area contributed by atoms with E-state index in [0.717, 1.165) is 19.3 Å². The van der Waals surface area contributed by atoms with Crippen LogP contribution in [-0.2, 0) is 6.42 Å². The van der Waals surface area contributed by atoms with Crippen molar-refractivity contribution in [3.8, 4) is 0 Å². The smallest absolute Gasteiger partial charge is 0.0640 e. The summed E-state index contributed by atoms with van der Waals surface area (Å²) in [5, 5.41) is 8.07. The summed E-state index contributed by atoms with van der Waals surface area (Å²) in [6, 6.07) is 3.28. The van der Waals surface area contributed by atoms with Gasteiger partial charge in [0, 0.05) is 18.7 Å². The van der Waals surface area contributed by atoms with Gasteiger partial charge in [0.1, 0.15) is 0 Å². The van der Waals surface area contributed by atoms with Crippen LogP contribution in [0, 0.1) is 0 Å². The van der Waals surface area contributed by atoms with Crippen LogP contribution in [0.3, 0.4) is 0 Å². The molecule has 17 heavy (non-hydrogen) atoms. The van der Waals surface area contributed by atoms with E-state index in [1.807, 2.05) is 7.05 Å². The zero-order chi connectivity index (χ0) is 12.7. The molecule has 0 aliphatic carbocycles. The summed E-state index contributed by atoms with van der Waals surface area (Å²) in [5.74, 6) is 0. The van der Waals surface area contributed by atoms with Gasteiger partial charge in [-0.15, -0.1) is 0 Å². The van der Waals surface area contributed by atoms with Gasteiger partial charge in [0.15, 0.2) is 0 Å². The van der Waals surface area contributed by atoms with Gasteiger partial charge in [-0.05, 0) is 32.4 Å². The zero-order valence-electron chi connectivity index (χ0n) is 11.7. The van der Waals surface area contributed by atoms with E-state index in [1.165, 1.54) is 18.5 Å². The van der Waals surface area contributed by atoms with Gasteiger partial charge >= 0.3 is 0 Å². The molecule has 1 rings (SSSR count). The van der Waals surface area contributed by atoms with E-state index in [1.54, 1.807) is 0 Å². The predicted octanol–water partition coefficient (Wildman–Crippen LogP) is 3.17. The van der Waals surface area contributed by atoms with E-state index in [9.17, 15) is 0 Å². The quantitative estimate of drug-likeness (QED) is 0.752. The molecule has 0 aliphatic heterocycles. The highest BCUT2D eigenvalue weighted by atomic mass is 15.3. The van der Waals surface area contributed by atoms with Gasteiger partial charge in [-0.3, -0.25) is 4.68 Å². The van der Waals surface area contributed by atoms with Crippen molar-refractivity contribution in [1.82, 2.24) is 15.1 Å². The largest absolute Gasteiger partial charge is 0.317 e. The number of hydrogen-bond donors (Lipinski definition) is 1. The van der Waals surface area contributed by atoms with E-state index in [-0.39, 0.29) is 0 Å². The maximum Gasteiger partial charge on any atom is 0.0640 e. The van der Waals surface area contributed by atoms with Crippen LogP contribution in [-0.4, -0.2) is 22.9 Å². The van der Waals surface area contributed by atoms with Gasteiger partial charge in [-0.2, -0.15) is 5.10 Å². The highest BCUT2D eigenvalue weighted by Gasteiger charge is 2.11. The molecule has 1 aromatic rings. The van der Waals surface area contributed by atoms with E-state index in [0.29, 0.717) is 12.1 Å². The van der Waals surface area contributed by atoms with Gasteiger partial charge in [-0.25, -0.2) is 0 Å². The third kappa shape index (κ3) is 4.15. The Morgan fingerprint density at radius 1 is 1.29 bits per heavy atom. The highest BCUT2D eigenvalue weighted by molar-refractivity contribution is 5.02. The molecule has 0 saturated heterocycles. The first kappa shape index (κ1) is 14.2. The minimum Gasteiger partial charge on any atom is -0.317 e. The number of nitrogens with one attached hydrogen (secondary N) is 1. The standard InChI is InChI=1S/C14H27N3/c1-5-8-12(15-4)11-13-9-10-17(16-13)14(6-2)7-3/h9-10,12,14-15H,5-8,11H2,1-4H3. The van der Waals surface area contributed by atoms with Crippen molar-refractivity contribution in [3.05, 3.63) is 18.0 Å². The van der Waals surface area contributed by atoms with Crippen LogP contribution >= 0.6 is 0 Å². The minimum absolute atomic E-state index is 0.558. The molecule has 1 N–H and O–H groups in total. The Balaban J connectivity index is 2.60. The summed E-state index contributed by atoms with van der Waals surface area (Å²) in [4.78, 5) is 0. The van der Waals surface area contributed by atoms with E-state index >= 15 is 0 Å². The molecule has 1 unspecified atom stereocenters. The molecule has 0 radical (unpaired) electrons. The molecule has 1 aromatic heterocycles. The Bertz CT molecular complexity index is 302. The number of likely N-dealkylation sites (N-methyl/N-ethyl adjacent to an activating group) is 1. The van der Waals surface area contributed by atoms with Crippen LogP contribution in [0.4, 0.5) is 0 Å². The first-order valence-corrected chi connectivity index (χ1v) is 6.96. The lowest BCUT2D eigenvalue weighted by atomic mass is 10.1. The topological polar surface area (TPSA) is 29.9 Å². The third-order valence-corrected chi connectivity index (χ3v) is 3.48. The number of rotatable bonds is 8. The van der Waals surface area contributed by atoms with Crippen molar-refractivity contribution in [2.24, 2.45) is 0 Å². The van der Waals surface area contributed by atoms with E-state index < -0.39 is 0 Å². The normalized spacial score (nSPS) is 13.2. The Labute approximate surface area is 106 Å². The molecule has 0 amide bonds. The second-order valence-electron chi connectivity index (χ2n) is 4.74. The molecular formula is C14H27N3. The summed E-state index contributed by atoms with van der Waals surface area (Å²) < 4.78 is 2.13. The van der Waals surface area contributed by atoms with Crippen molar-refractivity contribution in [2.75, 3.05) is 7.05 Å². The lowest BCUT2D eigenvalue weighted by Gasteiger charge is -2.14. The summed E-state index contributed by atoms with van der Waals surface area (Å²) in [6.07, 6.45) is 7.92. The van der Waals surface area contributed by atoms with Crippen molar-refractivity contribution in [3.63, 3.8) is 0 Å². The Hall–Kier alpha value is -0.830. The molecule has 0 aromatic carbocycles. The molecule has 0 fully saturated rings. The summed E-state index contributed by atoms with van der Waals surface area (Å²) in [6.45, 7) is 6.68. The average Bonchev–Trinajstić information content (AvgIpc) is 2.79. The van der Waals surface area contributed by atoms with Crippen molar-refractivity contribution in [2.45, 2.75) is 65.0 Å². The molecule has 3 heteroatoms. The molecule has 1 heterocycles. The van der Waals surface area contributed by atoms with Crippen molar-refractivity contribution >= 4 is 0 Å². The monoisotopic (exact) mass is 237 g/mol. The fourth-order valence-corrected chi connectivity index (χ4v) is 2.30. The SMILES string of the molecule is CCCC(Cc1ccn(C(CC)CC)n1)NC. The lowest BCUT2D eigenvalue weighted by molar-refractivity contribution is 0.421. The second kappa shape index (κ2) is 7.49. The van der Waals surface area contributed by atoms with E-state index in [4.69, 9.17) is 5.10 Å².